The van der Waals surface area contributed by atoms with Gasteiger partial charge < -0.3 is 15.2 Å². The molecule has 0 radical (unpaired) electrons. The number of amides is 1. The molecule has 5 heteroatoms. The van der Waals surface area contributed by atoms with Gasteiger partial charge in [0.15, 0.2) is 0 Å². The predicted octanol–water partition coefficient (Wildman–Crippen LogP) is 1.57. The number of pyridine rings is 1. The van der Waals surface area contributed by atoms with Crippen LogP contribution in [0.4, 0.5) is 0 Å². The third kappa shape index (κ3) is 2.93. The molecule has 1 amide bonds. The van der Waals surface area contributed by atoms with Crippen LogP contribution in [0, 0.1) is 0 Å². The summed E-state index contributed by atoms with van der Waals surface area (Å²) in [5.41, 5.74) is 2.13. The minimum absolute atomic E-state index is 0.0850. The largest absolute Gasteiger partial charge is 0.352 e. The lowest BCUT2D eigenvalue weighted by atomic mass is 10.2. The molecule has 2 aliphatic rings. The van der Waals surface area contributed by atoms with Gasteiger partial charge in [-0.3, -0.25) is 4.79 Å². The van der Waals surface area contributed by atoms with Crippen LogP contribution in [0.3, 0.4) is 0 Å². The average molecular weight is 284 g/mol. The fraction of sp³-hybridized carbons (Fsp3) is 0.500. The van der Waals surface area contributed by atoms with Crippen LogP contribution in [0.2, 0.25) is 0 Å². The highest BCUT2D eigenvalue weighted by Crippen LogP contribution is 2.23. The van der Waals surface area contributed by atoms with E-state index in [1.165, 1.54) is 18.4 Å². The van der Waals surface area contributed by atoms with Crippen molar-refractivity contribution in [3.8, 4) is 0 Å². The molecule has 2 N–H and O–H groups in total. The first-order valence-electron chi connectivity index (χ1n) is 7.75. The Bertz CT molecular complexity index is 670. The van der Waals surface area contributed by atoms with Crippen molar-refractivity contribution in [3.63, 3.8) is 0 Å². The molecule has 0 bridgehead atoms. The molecule has 110 valence electrons. The Kier molecular flexibility index (Phi) is 3.15. The van der Waals surface area contributed by atoms with E-state index < -0.39 is 0 Å². The van der Waals surface area contributed by atoms with Gasteiger partial charge >= 0.3 is 0 Å². The zero-order valence-electron chi connectivity index (χ0n) is 12.0. The molecule has 2 aromatic rings. The quantitative estimate of drug-likeness (QED) is 0.846. The first-order chi connectivity index (χ1) is 10.3. The molecule has 0 aliphatic heterocycles. The molecule has 2 saturated carbocycles. The minimum Gasteiger partial charge on any atom is -0.352 e. The molecule has 21 heavy (non-hydrogen) atoms. The molecule has 2 aromatic heterocycles. The Hall–Kier alpha value is -1.88. The minimum atomic E-state index is 0.0850. The van der Waals surface area contributed by atoms with E-state index in [1.807, 2.05) is 10.6 Å². The number of aromatic nitrogens is 2. The lowest BCUT2D eigenvalue weighted by Crippen LogP contribution is -2.29. The van der Waals surface area contributed by atoms with Crippen molar-refractivity contribution in [2.75, 3.05) is 0 Å². The summed E-state index contributed by atoms with van der Waals surface area (Å²) < 4.78 is 1.97. The number of carbonyl (C=O) groups is 1. The highest BCUT2D eigenvalue weighted by atomic mass is 16.2. The van der Waals surface area contributed by atoms with E-state index in [0.717, 1.165) is 30.4 Å². The summed E-state index contributed by atoms with van der Waals surface area (Å²) in [6, 6.07) is 5.13. The van der Waals surface area contributed by atoms with Gasteiger partial charge in [-0.15, -0.1) is 0 Å². The number of nitrogens with zero attached hydrogens (tertiary/aromatic N) is 2. The lowest BCUT2D eigenvalue weighted by Gasteiger charge is -2.05. The van der Waals surface area contributed by atoms with E-state index in [0.29, 0.717) is 18.6 Å². The second-order valence-electron chi connectivity index (χ2n) is 6.15. The summed E-state index contributed by atoms with van der Waals surface area (Å²) in [5.74, 6) is 0.0850. The predicted molar refractivity (Wildman–Crippen MR) is 80.8 cm³/mol. The number of hydrogen-bond donors (Lipinski definition) is 2. The van der Waals surface area contributed by atoms with Crippen molar-refractivity contribution in [1.29, 1.82) is 0 Å². The zero-order valence-corrected chi connectivity index (χ0v) is 12.0. The number of hydrogen-bond acceptors (Lipinski definition) is 3. The van der Waals surface area contributed by atoms with Crippen LogP contribution in [0.5, 0.6) is 0 Å². The summed E-state index contributed by atoms with van der Waals surface area (Å²) >= 11 is 0. The summed E-state index contributed by atoms with van der Waals surface area (Å²) in [5, 5.41) is 7.71. The summed E-state index contributed by atoms with van der Waals surface area (Å²) in [6.45, 7) is 1.21. The topological polar surface area (TPSA) is 59.0 Å². The van der Waals surface area contributed by atoms with Gasteiger partial charge in [-0.25, -0.2) is 4.98 Å². The molecule has 0 spiro atoms. The second kappa shape index (κ2) is 5.15. The highest BCUT2D eigenvalue weighted by Gasteiger charge is 2.24. The Morgan fingerprint density at radius 1 is 1.29 bits per heavy atom. The zero-order chi connectivity index (χ0) is 14.2. The number of carbonyl (C=O) groups excluding carboxylic acids is 1. The van der Waals surface area contributed by atoms with Crippen LogP contribution < -0.4 is 10.6 Å². The van der Waals surface area contributed by atoms with Crippen molar-refractivity contribution in [2.45, 2.75) is 50.9 Å². The van der Waals surface area contributed by atoms with Gasteiger partial charge in [-0.05, 0) is 43.4 Å². The van der Waals surface area contributed by atoms with Crippen molar-refractivity contribution in [3.05, 3.63) is 30.1 Å². The third-order valence-electron chi connectivity index (χ3n) is 4.13. The van der Waals surface area contributed by atoms with Crippen molar-refractivity contribution in [2.24, 2.45) is 0 Å². The molecule has 0 unspecified atom stereocenters. The fourth-order valence-corrected chi connectivity index (χ4v) is 2.65. The van der Waals surface area contributed by atoms with Gasteiger partial charge in [0.2, 0.25) is 5.91 Å². The maximum atomic E-state index is 12.0. The van der Waals surface area contributed by atoms with Crippen LogP contribution in [0.25, 0.3) is 11.0 Å². The van der Waals surface area contributed by atoms with Crippen molar-refractivity contribution < 1.29 is 4.79 Å². The van der Waals surface area contributed by atoms with Gasteiger partial charge in [0.25, 0.3) is 0 Å². The smallest absolute Gasteiger partial charge is 0.240 e. The Labute approximate surface area is 123 Å². The Morgan fingerprint density at radius 2 is 2.10 bits per heavy atom. The molecular formula is C16H20N4O. The van der Waals surface area contributed by atoms with Gasteiger partial charge in [0, 0.05) is 36.4 Å². The average Bonchev–Trinajstić information content (AvgIpc) is 3.39. The number of nitrogens with one attached hydrogen (secondary N) is 2. The molecule has 2 fully saturated rings. The van der Waals surface area contributed by atoms with E-state index in [4.69, 9.17) is 0 Å². The molecule has 0 atom stereocenters. The maximum absolute atomic E-state index is 12.0. The van der Waals surface area contributed by atoms with Gasteiger partial charge in [-0.2, -0.15) is 0 Å². The van der Waals surface area contributed by atoms with Crippen molar-refractivity contribution >= 4 is 16.9 Å². The van der Waals surface area contributed by atoms with Crippen molar-refractivity contribution in [1.82, 2.24) is 20.2 Å². The van der Waals surface area contributed by atoms with E-state index in [1.54, 1.807) is 6.20 Å². The Morgan fingerprint density at radius 3 is 2.86 bits per heavy atom. The van der Waals surface area contributed by atoms with E-state index in [9.17, 15) is 4.79 Å². The SMILES string of the molecule is O=C(Cn1cc(CNC2CC2)c2cccnc21)NC1CC1. The van der Waals surface area contributed by atoms with E-state index >= 15 is 0 Å². The second-order valence-corrected chi connectivity index (χ2v) is 6.15. The number of rotatable bonds is 6. The molecule has 2 heterocycles. The first-order valence-corrected chi connectivity index (χ1v) is 7.75. The normalized spacial score (nSPS) is 18.1. The standard InChI is InChI=1S/C16H20N4O/c21-15(19-13-5-6-13)10-20-9-11(8-18-12-3-4-12)14-2-1-7-17-16(14)20/h1-2,7,9,12-13,18H,3-6,8,10H2,(H,19,21). The summed E-state index contributed by atoms with van der Waals surface area (Å²) in [6.07, 6.45) is 8.65. The van der Waals surface area contributed by atoms with Crippen LogP contribution in [0.1, 0.15) is 31.2 Å². The first kappa shape index (κ1) is 12.8. The molecule has 2 aliphatic carbocycles. The van der Waals surface area contributed by atoms with Gasteiger partial charge in [0.05, 0.1) is 0 Å². The van der Waals surface area contributed by atoms with E-state index in [2.05, 4.69) is 27.9 Å². The monoisotopic (exact) mass is 284 g/mol. The van der Waals surface area contributed by atoms with Crippen LogP contribution in [-0.2, 0) is 17.9 Å². The number of fused-ring (bicyclic) bond motifs is 1. The third-order valence-corrected chi connectivity index (χ3v) is 4.13. The van der Waals surface area contributed by atoms with Crippen LogP contribution in [0.15, 0.2) is 24.5 Å². The van der Waals surface area contributed by atoms with Gasteiger partial charge in [-0.1, -0.05) is 0 Å². The lowest BCUT2D eigenvalue weighted by molar-refractivity contribution is -0.121. The maximum Gasteiger partial charge on any atom is 0.240 e. The van der Waals surface area contributed by atoms with Gasteiger partial charge in [0.1, 0.15) is 12.2 Å². The van der Waals surface area contributed by atoms with Crippen LogP contribution in [-0.4, -0.2) is 27.5 Å². The summed E-state index contributed by atoms with van der Waals surface area (Å²) in [7, 11) is 0. The molecule has 4 rings (SSSR count). The fourth-order valence-electron chi connectivity index (χ4n) is 2.65. The molecule has 0 saturated heterocycles. The van der Waals surface area contributed by atoms with E-state index in [-0.39, 0.29) is 5.91 Å². The molecule has 0 aromatic carbocycles. The summed E-state index contributed by atoms with van der Waals surface area (Å²) in [4.78, 5) is 16.5. The Balaban J connectivity index is 1.55. The van der Waals surface area contributed by atoms with Crippen LogP contribution >= 0.6 is 0 Å². The molecule has 5 nitrogen and oxygen atoms in total. The highest BCUT2D eigenvalue weighted by molar-refractivity contribution is 5.83. The molecular weight excluding hydrogens is 264 g/mol.